The Morgan fingerprint density at radius 1 is 0.544 bits per heavy atom. The molecule has 3 aliphatic carbocycles. The molecule has 2 aromatic heterocycles. The van der Waals surface area contributed by atoms with E-state index in [2.05, 4.69) is 275 Å². The molecule has 4 unspecified atom stereocenters. The summed E-state index contributed by atoms with van der Waals surface area (Å²) in [6.07, 6.45) is 19.3. The maximum absolute atomic E-state index is 5.84. The average Bonchev–Trinajstić information content (AvgIpc) is 4.30. The summed E-state index contributed by atoms with van der Waals surface area (Å²) in [6, 6.07) is 48.9. The highest BCUT2D eigenvalue weighted by Gasteiger charge is 2.43. The van der Waals surface area contributed by atoms with Gasteiger partial charge in [0.05, 0.1) is 23.1 Å². The van der Waals surface area contributed by atoms with Crippen molar-refractivity contribution in [3.8, 4) is 62.1 Å². The Morgan fingerprint density at radius 2 is 1.11 bits per heavy atom. The van der Waals surface area contributed by atoms with Crippen LogP contribution in [0.25, 0.3) is 74.3 Å². The SMILES string of the molecule is Cc1ccccc1-c1cccc(-c2nc(-c3ccccc3)nc(-c3cccc(-c4ccccc4C)c3-n3c4c(c5c3C=CC5CC(C)C)CC(C(C)(C)C)C=C4)n2)c1N1c2ccc(C(C)(C)C)cc2C2C=C(C(C)(C)C)C=CC21. The molecule has 0 saturated carbocycles. The predicted octanol–water partition coefficient (Wildman–Crippen LogP) is 19.4. The van der Waals surface area contributed by atoms with Crippen molar-refractivity contribution in [1.82, 2.24) is 19.5 Å². The molecular weight excluding hydrogens is 959 g/mol. The lowest BCUT2D eigenvalue weighted by molar-refractivity contribution is 0.290. The van der Waals surface area contributed by atoms with Crippen molar-refractivity contribution in [3.05, 3.63) is 214 Å². The van der Waals surface area contributed by atoms with Crippen LogP contribution < -0.4 is 4.90 Å². The Morgan fingerprint density at radius 3 is 1.72 bits per heavy atom. The standard InChI is InChI=1S/C74H77N5/c1-45(2)41-49-33-37-65-66(49)61-44-52(74(11,12)13)36-40-64(61)79(65)68-56(54-28-20-18-24-47(54)4)30-22-32-58(68)71-76-69(48-25-15-14-16-26-48)75-70(77-71)57-31-21-29-55(53-27-19-17-23-46(53)3)67(57)78-62-38-34-50(72(5,6)7)42-59(62)60-43-51(73(8,9)10)35-39-63(60)78/h14-40,42-43,45,49,52,59,62H,41,44H2,1-13H3. The smallest absolute Gasteiger partial charge is 0.166 e. The van der Waals surface area contributed by atoms with E-state index in [1.165, 1.54) is 67.2 Å². The van der Waals surface area contributed by atoms with Crippen LogP contribution in [0.4, 0.5) is 11.4 Å². The predicted molar refractivity (Wildman–Crippen MR) is 333 cm³/mol. The number of aryl methyl sites for hydroxylation is 2. The summed E-state index contributed by atoms with van der Waals surface area (Å²) in [7, 11) is 0. The quantitative estimate of drug-likeness (QED) is 0.145. The molecule has 1 aliphatic heterocycles. The van der Waals surface area contributed by atoms with Crippen LogP contribution in [0.15, 0.2) is 169 Å². The number of anilines is 2. The molecule has 8 aromatic rings. The maximum Gasteiger partial charge on any atom is 0.166 e. The highest BCUT2D eigenvalue weighted by Crippen LogP contribution is 2.56. The zero-order valence-corrected chi connectivity index (χ0v) is 48.8. The zero-order chi connectivity index (χ0) is 55.3. The molecule has 79 heavy (non-hydrogen) atoms. The molecule has 0 bridgehead atoms. The summed E-state index contributed by atoms with van der Waals surface area (Å²) in [5.74, 6) is 3.33. The topological polar surface area (TPSA) is 46.8 Å². The highest BCUT2D eigenvalue weighted by atomic mass is 15.2. The van der Waals surface area contributed by atoms with E-state index in [9.17, 15) is 0 Å². The monoisotopic (exact) mass is 1040 g/mol. The number of hydrogen-bond acceptors (Lipinski definition) is 4. The van der Waals surface area contributed by atoms with Crippen LogP contribution in [-0.4, -0.2) is 25.6 Å². The summed E-state index contributed by atoms with van der Waals surface area (Å²) in [5.41, 5.74) is 22.9. The first-order chi connectivity index (χ1) is 37.7. The van der Waals surface area contributed by atoms with E-state index >= 15 is 0 Å². The third kappa shape index (κ3) is 9.27. The first-order valence-corrected chi connectivity index (χ1v) is 28.9. The van der Waals surface area contributed by atoms with Gasteiger partial charge < -0.3 is 9.47 Å². The largest absolute Gasteiger partial charge is 0.332 e. The molecule has 0 amide bonds. The Hall–Kier alpha value is -7.63. The second-order valence-corrected chi connectivity index (χ2v) is 26.5. The van der Waals surface area contributed by atoms with Crippen LogP contribution in [-0.2, 0) is 11.8 Å². The molecule has 0 saturated heterocycles. The van der Waals surface area contributed by atoms with E-state index < -0.39 is 0 Å². The minimum Gasteiger partial charge on any atom is -0.332 e. The van der Waals surface area contributed by atoms with Crippen molar-refractivity contribution in [2.75, 3.05) is 4.90 Å². The summed E-state index contributed by atoms with van der Waals surface area (Å²) >= 11 is 0. The van der Waals surface area contributed by atoms with Gasteiger partial charge in [-0.3, -0.25) is 0 Å². The number of allylic oxidation sites excluding steroid dienone is 4. The van der Waals surface area contributed by atoms with Crippen LogP contribution in [0.3, 0.4) is 0 Å². The van der Waals surface area contributed by atoms with E-state index in [-0.39, 0.29) is 28.2 Å². The minimum absolute atomic E-state index is 0.00746. The number of fused-ring (bicyclic) bond motifs is 6. The molecule has 4 atom stereocenters. The Kier molecular flexibility index (Phi) is 12.9. The van der Waals surface area contributed by atoms with Crippen molar-refractivity contribution < 1.29 is 0 Å². The van der Waals surface area contributed by atoms with Gasteiger partial charge in [-0.15, -0.1) is 0 Å². The molecule has 0 fully saturated rings. The van der Waals surface area contributed by atoms with Gasteiger partial charge in [0.15, 0.2) is 17.5 Å². The first kappa shape index (κ1) is 52.1. The molecular formula is C74H77N5. The summed E-state index contributed by atoms with van der Waals surface area (Å²) in [4.78, 5) is 19.7. The molecule has 5 nitrogen and oxygen atoms in total. The van der Waals surface area contributed by atoms with Gasteiger partial charge in [0, 0.05) is 51.0 Å². The van der Waals surface area contributed by atoms with E-state index in [4.69, 9.17) is 15.0 Å². The maximum atomic E-state index is 5.84. The Bertz CT molecular complexity index is 3820. The third-order valence-corrected chi connectivity index (χ3v) is 17.4. The fourth-order valence-corrected chi connectivity index (χ4v) is 13.1. The molecule has 0 radical (unpaired) electrons. The number of nitrogens with zero attached hydrogens (tertiary/aromatic N) is 5. The number of para-hydroxylation sites is 2. The molecule has 0 spiro atoms. The van der Waals surface area contributed by atoms with Crippen molar-refractivity contribution >= 4 is 23.5 Å². The molecule has 4 aliphatic rings. The van der Waals surface area contributed by atoms with E-state index in [0.29, 0.717) is 35.2 Å². The fraction of sp³-hybridized carbons (Fsp3) is 0.311. The van der Waals surface area contributed by atoms with Gasteiger partial charge in [-0.05, 0) is 135 Å². The summed E-state index contributed by atoms with van der Waals surface area (Å²) < 4.78 is 2.59. The van der Waals surface area contributed by atoms with Gasteiger partial charge in [-0.25, -0.2) is 15.0 Å². The van der Waals surface area contributed by atoms with E-state index in [1.54, 1.807) is 0 Å². The second kappa shape index (κ2) is 19.6. The van der Waals surface area contributed by atoms with Crippen LogP contribution in [0.5, 0.6) is 0 Å². The third-order valence-electron chi connectivity index (χ3n) is 17.4. The van der Waals surface area contributed by atoms with Crippen LogP contribution in [0, 0.1) is 36.5 Å². The summed E-state index contributed by atoms with van der Waals surface area (Å²) in [6.45, 7) is 30.3. The van der Waals surface area contributed by atoms with Crippen molar-refractivity contribution in [1.29, 1.82) is 0 Å². The Balaban J connectivity index is 1.16. The fourth-order valence-electron chi connectivity index (χ4n) is 13.1. The van der Waals surface area contributed by atoms with Gasteiger partial charge in [-0.2, -0.15) is 0 Å². The molecule has 0 N–H and O–H groups in total. The van der Waals surface area contributed by atoms with Crippen molar-refractivity contribution in [2.24, 2.45) is 22.7 Å². The van der Waals surface area contributed by atoms with E-state index in [1.807, 2.05) is 0 Å². The number of aromatic nitrogens is 4. The first-order valence-electron chi connectivity index (χ1n) is 28.9. The number of benzene rings is 6. The highest BCUT2D eigenvalue weighted by molar-refractivity contribution is 5.96. The summed E-state index contributed by atoms with van der Waals surface area (Å²) in [5, 5.41) is 0. The molecule has 3 heterocycles. The van der Waals surface area contributed by atoms with Crippen LogP contribution >= 0.6 is 0 Å². The molecule has 12 rings (SSSR count). The molecule has 6 aromatic carbocycles. The molecule has 398 valence electrons. The lowest BCUT2D eigenvalue weighted by Crippen LogP contribution is -2.31. The van der Waals surface area contributed by atoms with Crippen molar-refractivity contribution in [3.63, 3.8) is 0 Å². The lowest BCUT2D eigenvalue weighted by atomic mass is 9.73. The van der Waals surface area contributed by atoms with Crippen molar-refractivity contribution in [2.45, 2.75) is 126 Å². The number of rotatable bonds is 9. The normalized spacial score (nSPS) is 18.5. The van der Waals surface area contributed by atoms with Gasteiger partial charge in [0.2, 0.25) is 0 Å². The van der Waals surface area contributed by atoms with Gasteiger partial charge in [0.1, 0.15) is 0 Å². The number of hydrogen-bond donors (Lipinski definition) is 0. The van der Waals surface area contributed by atoms with Crippen LogP contribution in [0.2, 0.25) is 0 Å². The van der Waals surface area contributed by atoms with Crippen LogP contribution in [0.1, 0.15) is 139 Å². The van der Waals surface area contributed by atoms with Gasteiger partial charge >= 0.3 is 0 Å². The zero-order valence-electron chi connectivity index (χ0n) is 48.8. The molecule has 5 heteroatoms. The van der Waals surface area contributed by atoms with E-state index in [0.717, 1.165) is 52.0 Å². The Labute approximate surface area is 470 Å². The second-order valence-electron chi connectivity index (χ2n) is 26.5. The lowest BCUT2D eigenvalue weighted by Gasteiger charge is -2.34. The average molecular weight is 1040 g/mol. The minimum atomic E-state index is -0.0228. The van der Waals surface area contributed by atoms with Gasteiger partial charge in [0.25, 0.3) is 0 Å². The van der Waals surface area contributed by atoms with Gasteiger partial charge in [-0.1, -0.05) is 222 Å².